The molecule has 0 spiro atoms. The fraction of sp³-hybridized carbons (Fsp3) is 0.222. The van der Waals surface area contributed by atoms with E-state index in [2.05, 4.69) is 11.6 Å². The topological polar surface area (TPSA) is 29.1 Å². The van der Waals surface area contributed by atoms with Crippen molar-refractivity contribution in [3.63, 3.8) is 0 Å². The van der Waals surface area contributed by atoms with Gasteiger partial charge in [0.2, 0.25) is 0 Å². The molecule has 1 rings (SSSR count). The number of anilines is 1. The molecule has 0 unspecified atom stereocenters. The SMILES string of the molecule is CCSNc1cccc(C=O)c1. The Kier molecular flexibility index (Phi) is 3.67. The molecule has 0 atom stereocenters. The molecular formula is C9H11NOS. The Bertz CT molecular complexity index is 262. The van der Waals surface area contributed by atoms with Gasteiger partial charge in [-0.2, -0.15) is 0 Å². The summed E-state index contributed by atoms with van der Waals surface area (Å²) in [5.41, 5.74) is 1.68. The van der Waals surface area contributed by atoms with Gasteiger partial charge in [-0.05, 0) is 12.1 Å². The molecule has 0 heterocycles. The van der Waals surface area contributed by atoms with Crippen molar-refractivity contribution in [3.05, 3.63) is 29.8 Å². The quantitative estimate of drug-likeness (QED) is 0.571. The molecule has 0 bridgehead atoms. The number of benzene rings is 1. The maximum absolute atomic E-state index is 10.4. The van der Waals surface area contributed by atoms with Crippen LogP contribution in [-0.4, -0.2) is 12.0 Å². The van der Waals surface area contributed by atoms with E-state index in [1.165, 1.54) is 0 Å². The first-order valence-corrected chi connectivity index (χ1v) is 4.78. The van der Waals surface area contributed by atoms with Crippen LogP contribution in [0.4, 0.5) is 5.69 Å². The molecule has 0 aliphatic carbocycles. The van der Waals surface area contributed by atoms with Gasteiger partial charge in [0.15, 0.2) is 0 Å². The van der Waals surface area contributed by atoms with E-state index >= 15 is 0 Å². The number of aldehydes is 1. The summed E-state index contributed by atoms with van der Waals surface area (Å²) in [7, 11) is 0. The molecule has 1 N–H and O–H groups in total. The lowest BCUT2D eigenvalue weighted by Gasteiger charge is -2.02. The number of carbonyl (C=O) groups excluding carboxylic acids is 1. The predicted octanol–water partition coefficient (Wildman–Crippen LogP) is 2.58. The second-order valence-corrected chi connectivity index (χ2v) is 3.35. The Balaban J connectivity index is 2.66. The lowest BCUT2D eigenvalue weighted by atomic mass is 10.2. The summed E-state index contributed by atoms with van der Waals surface area (Å²) in [6.45, 7) is 2.07. The van der Waals surface area contributed by atoms with E-state index in [-0.39, 0.29) is 0 Å². The van der Waals surface area contributed by atoms with E-state index in [0.717, 1.165) is 17.7 Å². The van der Waals surface area contributed by atoms with Gasteiger partial charge in [-0.3, -0.25) is 4.79 Å². The molecule has 0 aliphatic rings. The number of carbonyl (C=O) groups is 1. The molecule has 1 aromatic rings. The summed E-state index contributed by atoms with van der Waals surface area (Å²) in [4.78, 5) is 10.4. The zero-order valence-corrected chi connectivity index (χ0v) is 7.73. The van der Waals surface area contributed by atoms with Crippen LogP contribution in [-0.2, 0) is 0 Å². The molecule has 12 heavy (non-hydrogen) atoms. The number of rotatable bonds is 4. The van der Waals surface area contributed by atoms with Gasteiger partial charge in [0.1, 0.15) is 6.29 Å². The van der Waals surface area contributed by atoms with Crippen LogP contribution in [0.25, 0.3) is 0 Å². The molecule has 3 heteroatoms. The fourth-order valence-electron chi connectivity index (χ4n) is 0.831. The van der Waals surface area contributed by atoms with Crippen LogP contribution >= 0.6 is 11.9 Å². The summed E-state index contributed by atoms with van der Waals surface area (Å²) in [6, 6.07) is 7.42. The Morgan fingerprint density at radius 3 is 3.08 bits per heavy atom. The Morgan fingerprint density at radius 1 is 1.58 bits per heavy atom. The fourth-order valence-corrected chi connectivity index (χ4v) is 1.27. The Labute approximate surface area is 76.5 Å². The van der Waals surface area contributed by atoms with Gasteiger partial charge in [-0.1, -0.05) is 31.0 Å². The molecule has 64 valence electrons. The third kappa shape index (κ3) is 2.58. The average molecular weight is 181 g/mol. The molecule has 0 aromatic heterocycles. The molecule has 0 amide bonds. The molecule has 0 fully saturated rings. The lowest BCUT2D eigenvalue weighted by molar-refractivity contribution is 0.112. The Hall–Kier alpha value is -0.960. The molecule has 0 saturated carbocycles. The summed E-state index contributed by atoms with van der Waals surface area (Å²) >= 11 is 1.61. The largest absolute Gasteiger partial charge is 0.330 e. The van der Waals surface area contributed by atoms with E-state index in [1.807, 2.05) is 18.2 Å². The van der Waals surface area contributed by atoms with E-state index in [0.29, 0.717) is 5.56 Å². The molecule has 0 radical (unpaired) electrons. The van der Waals surface area contributed by atoms with Gasteiger partial charge in [-0.15, -0.1) is 0 Å². The van der Waals surface area contributed by atoms with Crippen LogP contribution < -0.4 is 4.72 Å². The van der Waals surface area contributed by atoms with Crippen LogP contribution in [0.1, 0.15) is 17.3 Å². The van der Waals surface area contributed by atoms with Crippen molar-refractivity contribution in [2.24, 2.45) is 0 Å². The van der Waals surface area contributed by atoms with Crippen molar-refractivity contribution in [2.75, 3.05) is 10.5 Å². The molecule has 0 aliphatic heterocycles. The monoisotopic (exact) mass is 181 g/mol. The van der Waals surface area contributed by atoms with Crippen molar-refractivity contribution >= 4 is 23.9 Å². The van der Waals surface area contributed by atoms with Gasteiger partial charge < -0.3 is 4.72 Å². The predicted molar refractivity (Wildman–Crippen MR) is 53.6 cm³/mol. The second-order valence-electron chi connectivity index (χ2n) is 2.28. The normalized spacial score (nSPS) is 9.42. The zero-order chi connectivity index (χ0) is 8.81. The highest BCUT2D eigenvalue weighted by atomic mass is 32.2. The van der Waals surface area contributed by atoms with E-state index < -0.39 is 0 Å². The second kappa shape index (κ2) is 4.83. The minimum absolute atomic E-state index is 0.705. The van der Waals surface area contributed by atoms with Crippen LogP contribution in [0.15, 0.2) is 24.3 Å². The van der Waals surface area contributed by atoms with E-state index in [9.17, 15) is 4.79 Å². The van der Waals surface area contributed by atoms with Crippen LogP contribution in [0.5, 0.6) is 0 Å². The van der Waals surface area contributed by atoms with Crippen LogP contribution in [0, 0.1) is 0 Å². The van der Waals surface area contributed by atoms with Crippen LogP contribution in [0.3, 0.4) is 0 Å². The third-order valence-corrected chi connectivity index (χ3v) is 2.03. The van der Waals surface area contributed by atoms with Crippen molar-refractivity contribution < 1.29 is 4.79 Å². The van der Waals surface area contributed by atoms with Gasteiger partial charge >= 0.3 is 0 Å². The minimum Gasteiger partial charge on any atom is -0.330 e. The van der Waals surface area contributed by atoms with Gasteiger partial charge in [0.05, 0.1) is 0 Å². The number of hydrogen-bond donors (Lipinski definition) is 1. The standard InChI is InChI=1S/C9H11NOS/c1-2-12-10-9-5-3-4-8(6-9)7-11/h3-7,10H,2H2,1H3. The average Bonchev–Trinajstić information content (AvgIpc) is 2.15. The van der Waals surface area contributed by atoms with E-state index in [1.54, 1.807) is 18.0 Å². The Morgan fingerprint density at radius 2 is 2.42 bits per heavy atom. The number of nitrogens with one attached hydrogen (secondary N) is 1. The third-order valence-electron chi connectivity index (χ3n) is 1.36. The number of hydrogen-bond acceptors (Lipinski definition) is 3. The molecule has 0 saturated heterocycles. The summed E-state index contributed by atoms with van der Waals surface area (Å²) < 4.78 is 3.13. The van der Waals surface area contributed by atoms with Crippen molar-refractivity contribution in [1.82, 2.24) is 0 Å². The minimum atomic E-state index is 0.705. The van der Waals surface area contributed by atoms with Gasteiger partial charge in [0, 0.05) is 17.0 Å². The zero-order valence-electron chi connectivity index (χ0n) is 6.91. The summed E-state index contributed by atoms with van der Waals surface area (Å²) in [6.07, 6.45) is 0.849. The van der Waals surface area contributed by atoms with Crippen molar-refractivity contribution in [3.8, 4) is 0 Å². The lowest BCUT2D eigenvalue weighted by Crippen LogP contribution is -1.88. The molecule has 1 aromatic carbocycles. The highest BCUT2D eigenvalue weighted by Gasteiger charge is 1.92. The van der Waals surface area contributed by atoms with Crippen molar-refractivity contribution in [2.45, 2.75) is 6.92 Å². The van der Waals surface area contributed by atoms with E-state index in [4.69, 9.17) is 0 Å². The maximum Gasteiger partial charge on any atom is 0.150 e. The first-order valence-electron chi connectivity index (χ1n) is 3.80. The first-order chi connectivity index (χ1) is 5.86. The van der Waals surface area contributed by atoms with Crippen molar-refractivity contribution in [1.29, 1.82) is 0 Å². The molecular weight excluding hydrogens is 170 g/mol. The molecule has 2 nitrogen and oxygen atoms in total. The van der Waals surface area contributed by atoms with Gasteiger partial charge in [0.25, 0.3) is 0 Å². The summed E-state index contributed by atoms with van der Waals surface area (Å²) in [5, 5.41) is 0. The van der Waals surface area contributed by atoms with Crippen LogP contribution in [0.2, 0.25) is 0 Å². The highest BCUT2D eigenvalue weighted by Crippen LogP contribution is 2.13. The summed E-state index contributed by atoms with van der Waals surface area (Å²) in [5.74, 6) is 1.01. The maximum atomic E-state index is 10.4. The smallest absolute Gasteiger partial charge is 0.150 e. The van der Waals surface area contributed by atoms with Gasteiger partial charge in [-0.25, -0.2) is 0 Å². The highest BCUT2D eigenvalue weighted by molar-refractivity contribution is 8.00. The first kappa shape index (κ1) is 9.13.